The van der Waals surface area contributed by atoms with Crippen LogP contribution in [0, 0.1) is 0 Å². The highest BCUT2D eigenvalue weighted by molar-refractivity contribution is 7.89. The predicted octanol–water partition coefficient (Wildman–Crippen LogP) is 3.28. The quantitative estimate of drug-likeness (QED) is 0.458. The van der Waals surface area contributed by atoms with Crippen LogP contribution in [0.4, 0.5) is 0 Å². The molecular formula is C20H23NO5S2. The molecule has 0 aliphatic carbocycles. The van der Waals surface area contributed by atoms with Crippen LogP contribution < -0.4 is 0 Å². The maximum atomic E-state index is 12.5. The Balaban J connectivity index is 1.47. The van der Waals surface area contributed by atoms with Gasteiger partial charge in [0.15, 0.2) is 12.4 Å². The summed E-state index contributed by atoms with van der Waals surface area (Å²) in [4.78, 5) is 25.4. The van der Waals surface area contributed by atoms with Gasteiger partial charge in [0, 0.05) is 30.0 Å². The third-order valence-corrected chi connectivity index (χ3v) is 7.48. The van der Waals surface area contributed by atoms with Crippen molar-refractivity contribution in [2.75, 3.05) is 19.7 Å². The number of Topliss-reactive ketones (excluding diaryl/α,β-unsaturated/α-hetero) is 1. The molecule has 0 amide bonds. The summed E-state index contributed by atoms with van der Waals surface area (Å²) < 4.78 is 31.5. The van der Waals surface area contributed by atoms with E-state index in [0.29, 0.717) is 25.1 Å². The Morgan fingerprint density at radius 1 is 1.07 bits per heavy atom. The van der Waals surface area contributed by atoms with Crippen molar-refractivity contribution in [1.29, 1.82) is 0 Å². The van der Waals surface area contributed by atoms with E-state index in [1.807, 2.05) is 17.5 Å². The lowest BCUT2D eigenvalue weighted by Crippen LogP contribution is -2.27. The Kier molecular flexibility index (Phi) is 6.98. The van der Waals surface area contributed by atoms with Crippen LogP contribution in [0.1, 0.15) is 40.9 Å². The van der Waals surface area contributed by atoms with Crippen LogP contribution in [-0.4, -0.2) is 44.2 Å². The van der Waals surface area contributed by atoms with Crippen molar-refractivity contribution >= 4 is 33.1 Å². The number of ether oxygens (including phenoxy) is 1. The molecule has 0 atom stereocenters. The molecule has 0 unspecified atom stereocenters. The molecule has 1 aliphatic rings. The SMILES string of the molecule is O=C(CCCc1cccs1)OCC(=O)c1ccc(S(=O)(=O)N2CCCC2)cc1. The van der Waals surface area contributed by atoms with Gasteiger partial charge in [0.25, 0.3) is 0 Å². The van der Waals surface area contributed by atoms with E-state index < -0.39 is 16.0 Å². The van der Waals surface area contributed by atoms with Crippen LogP contribution in [-0.2, 0) is 26.0 Å². The van der Waals surface area contributed by atoms with Gasteiger partial charge in [0.2, 0.25) is 10.0 Å². The van der Waals surface area contributed by atoms with Crippen molar-refractivity contribution in [2.45, 2.75) is 37.0 Å². The average molecular weight is 422 g/mol. The molecule has 0 N–H and O–H groups in total. The fourth-order valence-electron chi connectivity index (χ4n) is 3.05. The van der Waals surface area contributed by atoms with Crippen molar-refractivity contribution < 1.29 is 22.7 Å². The van der Waals surface area contributed by atoms with Crippen LogP contribution in [0.2, 0.25) is 0 Å². The molecular weight excluding hydrogens is 398 g/mol. The lowest BCUT2D eigenvalue weighted by atomic mass is 10.1. The molecule has 150 valence electrons. The standard InChI is InChI=1S/C20H23NO5S2/c22-19(15-26-20(23)7-3-5-17-6-4-14-27-17)16-8-10-18(11-9-16)28(24,25)21-12-1-2-13-21/h4,6,8-11,14H,1-3,5,7,12-13,15H2. The Hall–Kier alpha value is -2.03. The summed E-state index contributed by atoms with van der Waals surface area (Å²) in [7, 11) is -3.50. The number of rotatable bonds is 9. The van der Waals surface area contributed by atoms with Gasteiger partial charge < -0.3 is 4.74 Å². The molecule has 0 spiro atoms. The lowest BCUT2D eigenvalue weighted by Gasteiger charge is -2.15. The maximum absolute atomic E-state index is 12.5. The number of carbonyl (C=O) groups excluding carboxylic acids is 2. The molecule has 1 aromatic heterocycles. The Bertz CT molecular complexity index is 899. The zero-order valence-corrected chi connectivity index (χ0v) is 17.1. The van der Waals surface area contributed by atoms with Gasteiger partial charge in [-0.15, -0.1) is 11.3 Å². The molecule has 2 aromatic rings. The molecule has 3 rings (SSSR count). The van der Waals surface area contributed by atoms with Crippen LogP contribution >= 0.6 is 11.3 Å². The molecule has 8 heteroatoms. The van der Waals surface area contributed by atoms with Gasteiger partial charge >= 0.3 is 5.97 Å². The van der Waals surface area contributed by atoms with E-state index in [4.69, 9.17) is 4.74 Å². The highest BCUT2D eigenvalue weighted by Gasteiger charge is 2.27. The van der Waals surface area contributed by atoms with Crippen LogP contribution in [0.15, 0.2) is 46.7 Å². The van der Waals surface area contributed by atoms with Gasteiger partial charge in [-0.2, -0.15) is 4.31 Å². The lowest BCUT2D eigenvalue weighted by molar-refractivity contribution is -0.142. The number of benzene rings is 1. The number of ketones is 1. The molecule has 1 aliphatic heterocycles. The molecule has 1 fully saturated rings. The van der Waals surface area contributed by atoms with E-state index in [1.54, 1.807) is 11.3 Å². The Morgan fingerprint density at radius 2 is 1.79 bits per heavy atom. The maximum Gasteiger partial charge on any atom is 0.306 e. The number of hydrogen-bond acceptors (Lipinski definition) is 6. The third-order valence-electron chi connectivity index (χ3n) is 4.63. The Labute approximate surface area is 169 Å². The third kappa shape index (κ3) is 5.27. The second-order valence-corrected chi connectivity index (χ2v) is 9.62. The van der Waals surface area contributed by atoms with Crippen LogP contribution in [0.5, 0.6) is 0 Å². The predicted molar refractivity (Wildman–Crippen MR) is 107 cm³/mol. The zero-order chi connectivity index (χ0) is 20.0. The minimum atomic E-state index is -3.50. The zero-order valence-electron chi connectivity index (χ0n) is 15.5. The number of esters is 1. The number of nitrogens with zero attached hydrogens (tertiary/aromatic N) is 1. The highest BCUT2D eigenvalue weighted by Crippen LogP contribution is 2.21. The van der Waals surface area contributed by atoms with Crippen LogP contribution in [0.25, 0.3) is 0 Å². The molecule has 2 heterocycles. The average Bonchev–Trinajstić information content (AvgIpc) is 3.40. The van der Waals surface area contributed by atoms with Gasteiger partial charge in [-0.25, -0.2) is 8.42 Å². The van der Waals surface area contributed by atoms with E-state index in [-0.39, 0.29) is 23.7 Å². The van der Waals surface area contributed by atoms with Gasteiger partial charge in [0.1, 0.15) is 0 Å². The van der Waals surface area contributed by atoms with Crippen molar-refractivity contribution in [3.05, 3.63) is 52.2 Å². The molecule has 1 saturated heterocycles. The normalized spacial score (nSPS) is 14.9. The first-order valence-electron chi connectivity index (χ1n) is 9.28. The van der Waals surface area contributed by atoms with E-state index in [1.165, 1.54) is 33.4 Å². The number of carbonyl (C=O) groups is 2. The first-order chi connectivity index (χ1) is 13.5. The highest BCUT2D eigenvalue weighted by atomic mass is 32.2. The molecule has 0 radical (unpaired) electrons. The summed E-state index contributed by atoms with van der Waals surface area (Å²) in [6.45, 7) is 0.729. The second kappa shape index (κ2) is 9.45. The van der Waals surface area contributed by atoms with E-state index in [2.05, 4.69) is 0 Å². The molecule has 1 aromatic carbocycles. The van der Waals surface area contributed by atoms with Gasteiger partial charge in [-0.05, 0) is 61.4 Å². The number of thiophene rings is 1. The van der Waals surface area contributed by atoms with Crippen molar-refractivity contribution in [1.82, 2.24) is 4.31 Å². The summed E-state index contributed by atoms with van der Waals surface area (Å²) in [5.74, 6) is -0.755. The summed E-state index contributed by atoms with van der Waals surface area (Å²) >= 11 is 1.65. The molecule has 0 bridgehead atoms. The smallest absolute Gasteiger partial charge is 0.306 e. The Morgan fingerprint density at radius 3 is 2.43 bits per heavy atom. The first-order valence-corrected chi connectivity index (χ1v) is 11.6. The summed E-state index contributed by atoms with van der Waals surface area (Å²) in [6, 6.07) is 9.80. The van der Waals surface area contributed by atoms with Gasteiger partial charge in [-0.1, -0.05) is 6.07 Å². The number of hydrogen-bond donors (Lipinski definition) is 0. The minimum absolute atomic E-state index is 0.177. The monoisotopic (exact) mass is 421 g/mol. The minimum Gasteiger partial charge on any atom is -0.457 e. The van der Waals surface area contributed by atoms with E-state index >= 15 is 0 Å². The van der Waals surface area contributed by atoms with Crippen molar-refractivity contribution in [3.8, 4) is 0 Å². The summed E-state index contributed by atoms with van der Waals surface area (Å²) in [5.41, 5.74) is 0.326. The van der Waals surface area contributed by atoms with Crippen LogP contribution in [0.3, 0.4) is 0 Å². The second-order valence-electron chi connectivity index (χ2n) is 6.65. The fraction of sp³-hybridized carbons (Fsp3) is 0.400. The van der Waals surface area contributed by atoms with Crippen molar-refractivity contribution in [2.24, 2.45) is 0 Å². The molecule has 28 heavy (non-hydrogen) atoms. The molecule has 0 saturated carbocycles. The largest absolute Gasteiger partial charge is 0.457 e. The van der Waals surface area contributed by atoms with Crippen molar-refractivity contribution in [3.63, 3.8) is 0 Å². The fourth-order valence-corrected chi connectivity index (χ4v) is 5.32. The van der Waals surface area contributed by atoms with Gasteiger partial charge in [-0.3, -0.25) is 9.59 Å². The van der Waals surface area contributed by atoms with E-state index in [0.717, 1.165) is 19.3 Å². The summed E-state index contributed by atoms with van der Waals surface area (Å²) in [6.07, 6.45) is 3.49. The number of sulfonamides is 1. The topological polar surface area (TPSA) is 80.8 Å². The molecule has 6 nitrogen and oxygen atoms in total. The van der Waals surface area contributed by atoms with Gasteiger partial charge in [0.05, 0.1) is 4.90 Å². The summed E-state index contributed by atoms with van der Waals surface area (Å²) in [5, 5.41) is 1.99. The number of aryl methyl sites for hydroxylation is 1. The van der Waals surface area contributed by atoms with E-state index in [9.17, 15) is 18.0 Å². The first kappa shape index (κ1) is 20.7.